The van der Waals surface area contributed by atoms with Gasteiger partial charge in [-0.05, 0) is 24.6 Å². The summed E-state index contributed by atoms with van der Waals surface area (Å²) in [6, 6.07) is 5.90. The van der Waals surface area contributed by atoms with Gasteiger partial charge in [-0.1, -0.05) is 6.07 Å². The van der Waals surface area contributed by atoms with Crippen molar-refractivity contribution < 1.29 is 4.42 Å². The summed E-state index contributed by atoms with van der Waals surface area (Å²) in [6.07, 6.45) is 0. The van der Waals surface area contributed by atoms with Gasteiger partial charge in [0, 0.05) is 13.0 Å². The summed E-state index contributed by atoms with van der Waals surface area (Å²) in [5.41, 5.74) is 8.53. The molecule has 0 spiro atoms. The van der Waals surface area contributed by atoms with Crippen LogP contribution in [0, 0.1) is 6.92 Å². The molecule has 0 saturated carbocycles. The van der Waals surface area contributed by atoms with Gasteiger partial charge in [0.05, 0.1) is 0 Å². The smallest absolute Gasteiger partial charge is 0.192 e. The number of aryl methyl sites for hydroxylation is 1. The van der Waals surface area contributed by atoms with E-state index in [-0.39, 0.29) is 6.04 Å². The van der Waals surface area contributed by atoms with Crippen molar-refractivity contribution in [3.8, 4) is 0 Å². The van der Waals surface area contributed by atoms with E-state index in [1.165, 1.54) is 0 Å². The fourth-order valence-electron chi connectivity index (χ4n) is 1.34. The highest BCUT2D eigenvalue weighted by molar-refractivity contribution is 5.73. The van der Waals surface area contributed by atoms with Crippen molar-refractivity contribution in [1.82, 2.24) is 4.98 Å². The van der Waals surface area contributed by atoms with Crippen LogP contribution < -0.4 is 5.73 Å². The molecule has 1 aromatic heterocycles. The molecule has 68 valence electrons. The number of nitrogens with two attached hydrogens (primary N) is 1. The van der Waals surface area contributed by atoms with Crippen molar-refractivity contribution in [3.63, 3.8) is 0 Å². The number of oxazole rings is 1. The molecule has 0 aliphatic carbocycles. The van der Waals surface area contributed by atoms with E-state index in [0.29, 0.717) is 5.89 Å². The molecular weight excluding hydrogens is 164 g/mol. The summed E-state index contributed by atoms with van der Waals surface area (Å²) in [5, 5.41) is 0. The van der Waals surface area contributed by atoms with E-state index in [1.54, 1.807) is 0 Å². The number of hydrogen-bond donors (Lipinski definition) is 1. The standard InChI is InChI=1S/C10H12N2O/c1-6(11)8-3-4-9-10(5-8)13-7(2)12-9/h3-6H,11H2,1-2H3. The fourth-order valence-corrected chi connectivity index (χ4v) is 1.34. The summed E-state index contributed by atoms with van der Waals surface area (Å²) < 4.78 is 5.39. The third-order valence-electron chi connectivity index (χ3n) is 2.05. The summed E-state index contributed by atoms with van der Waals surface area (Å²) in [4.78, 5) is 4.21. The molecule has 0 fully saturated rings. The largest absolute Gasteiger partial charge is 0.441 e. The number of nitrogens with zero attached hydrogens (tertiary/aromatic N) is 1. The first kappa shape index (κ1) is 8.26. The Kier molecular flexibility index (Phi) is 1.81. The van der Waals surface area contributed by atoms with Crippen LogP contribution in [0.5, 0.6) is 0 Å². The second-order valence-electron chi connectivity index (χ2n) is 3.25. The molecule has 1 aromatic carbocycles. The quantitative estimate of drug-likeness (QED) is 0.724. The Morgan fingerprint density at radius 1 is 1.46 bits per heavy atom. The molecule has 0 bridgehead atoms. The SMILES string of the molecule is Cc1nc2ccc(C(C)N)cc2o1. The topological polar surface area (TPSA) is 52.0 Å². The van der Waals surface area contributed by atoms with Crippen LogP contribution in [0.4, 0.5) is 0 Å². The van der Waals surface area contributed by atoms with Gasteiger partial charge >= 0.3 is 0 Å². The molecule has 3 heteroatoms. The minimum Gasteiger partial charge on any atom is -0.441 e. The van der Waals surface area contributed by atoms with Gasteiger partial charge in [0.2, 0.25) is 0 Å². The Morgan fingerprint density at radius 3 is 2.92 bits per heavy atom. The molecule has 2 aromatic rings. The fraction of sp³-hybridized carbons (Fsp3) is 0.300. The first-order valence-corrected chi connectivity index (χ1v) is 4.29. The van der Waals surface area contributed by atoms with Crippen molar-refractivity contribution in [2.45, 2.75) is 19.9 Å². The lowest BCUT2D eigenvalue weighted by Gasteiger charge is -2.03. The Labute approximate surface area is 76.6 Å². The average Bonchev–Trinajstić information content (AvgIpc) is 2.42. The highest BCUT2D eigenvalue weighted by Gasteiger charge is 2.04. The average molecular weight is 176 g/mol. The van der Waals surface area contributed by atoms with Gasteiger partial charge in [-0.3, -0.25) is 0 Å². The lowest BCUT2D eigenvalue weighted by atomic mass is 10.1. The molecule has 1 atom stereocenters. The summed E-state index contributed by atoms with van der Waals surface area (Å²) in [7, 11) is 0. The van der Waals surface area contributed by atoms with Gasteiger partial charge in [-0.25, -0.2) is 4.98 Å². The van der Waals surface area contributed by atoms with E-state index in [0.717, 1.165) is 16.7 Å². The van der Waals surface area contributed by atoms with E-state index >= 15 is 0 Å². The van der Waals surface area contributed by atoms with Crippen LogP contribution in [0.2, 0.25) is 0 Å². The Hall–Kier alpha value is -1.35. The monoisotopic (exact) mass is 176 g/mol. The van der Waals surface area contributed by atoms with Crippen molar-refractivity contribution >= 4 is 11.1 Å². The highest BCUT2D eigenvalue weighted by Crippen LogP contribution is 2.19. The number of hydrogen-bond acceptors (Lipinski definition) is 3. The van der Waals surface area contributed by atoms with Crippen LogP contribution in [0.15, 0.2) is 22.6 Å². The molecule has 3 nitrogen and oxygen atoms in total. The Bertz CT molecular complexity index is 431. The summed E-state index contributed by atoms with van der Waals surface area (Å²) in [5.74, 6) is 0.692. The molecule has 1 unspecified atom stereocenters. The van der Waals surface area contributed by atoms with Gasteiger partial charge < -0.3 is 10.2 Å². The van der Waals surface area contributed by atoms with Gasteiger partial charge in [0.25, 0.3) is 0 Å². The van der Waals surface area contributed by atoms with Crippen LogP contribution in [0.3, 0.4) is 0 Å². The summed E-state index contributed by atoms with van der Waals surface area (Å²) in [6.45, 7) is 3.79. The number of rotatable bonds is 1. The zero-order chi connectivity index (χ0) is 9.42. The maximum Gasteiger partial charge on any atom is 0.192 e. The van der Waals surface area contributed by atoms with E-state index in [2.05, 4.69) is 4.98 Å². The lowest BCUT2D eigenvalue weighted by molar-refractivity contribution is 0.560. The number of benzene rings is 1. The van der Waals surface area contributed by atoms with Gasteiger partial charge in [-0.2, -0.15) is 0 Å². The molecule has 0 radical (unpaired) electrons. The zero-order valence-electron chi connectivity index (χ0n) is 7.74. The van der Waals surface area contributed by atoms with E-state index < -0.39 is 0 Å². The summed E-state index contributed by atoms with van der Waals surface area (Å²) >= 11 is 0. The number of aromatic nitrogens is 1. The molecule has 0 aliphatic heterocycles. The molecule has 0 aliphatic rings. The molecule has 1 heterocycles. The minimum atomic E-state index is 0.0369. The van der Waals surface area contributed by atoms with Gasteiger partial charge in [0.1, 0.15) is 5.52 Å². The lowest BCUT2D eigenvalue weighted by Crippen LogP contribution is -2.04. The van der Waals surface area contributed by atoms with Crippen molar-refractivity contribution in [2.24, 2.45) is 5.73 Å². The van der Waals surface area contributed by atoms with Crippen LogP contribution in [0.25, 0.3) is 11.1 Å². The van der Waals surface area contributed by atoms with E-state index in [4.69, 9.17) is 10.2 Å². The third-order valence-corrected chi connectivity index (χ3v) is 2.05. The maximum absolute atomic E-state index is 5.75. The van der Waals surface area contributed by atoms with Crippen molar-refractivity contribution in [3.05, 3.63) is 29.7 Å². The molecule has 0 amide bonds. The molecule has 13 heavy (non-hydrogen) atoms. The predicted molar refractivity (Wildman–Crippen MR) is 51.3 cm³/mol. The predicted octanol–water partition coefficient (Wildman–Crippen LogP) is 2.16. The van der Waals surface area contributed by atoms with Crippen LogP contribution in [0.1, 0.15) is 24.4 Å². The van der Waals surface area contributed by atoms with Gasteiger partial charge in [0.15, 0.2) is 11.5 Å². The Morgan fingerprint density at radius 2 is 2.23 bits per heavy atom. The van der Waals surface area contributed by atoms with E-state index in [9.17, 15) is 0 Å². The normalized spacial score (nSPS) is 13.5. The second kappa shape index (κ2) is 2.85. The third kappa shape index (κ3) is 1.42. The zero-order valence-corrected chi connectivity index (χ0v) is 7.74. The van der Waals surface area contributed by atoms with Crippen LogP contribution in [-0.4, -0.2) is 4.98 Å². The van der Waals surface area contributed by atoms with Gasteiger partial charge in [-0.15, -0.1) is 0 Å². The molecule has 2 rings (SSSR count). The molecule has 0 saturated heterocycles. The van der Waals surface area contributed by atoms with Crippen molar-refractivity contribution in [2.75, 3.05) is 0 Å². The first-order valence-electron chi connectivity index (χ1n) is 4.29. The van der Waals surface area contributed by atoms with E-state index in [1.807, 2.05) is 32.0 Å². The Balaban J connectivity index is 2.61. The molecule has 2 N–H and O–H groups in total. The minimum absolute atomic E-state index is 0.0369. The van der Waals surface area contributed by atoms with Crippen LogP contribution >= 0.6 is 0 Å². The first-order chi connectivity index (χ1) is 6.16. The highest BCUT2D eigenvalue weighted by atomic mass is 16.3. The van der Waals surface area contributed by atoms with Crippen molar-refractivity contribution in [1.29, 1.82) is 0 Å². The maximum atomic E-state index is 5.75. The molecular formula is C10H12N2O. The second-order valence-corrected chi connectivity index (χ2v) is 3.25. The van der Waals surface area contributed by atoms with Crippen LogP contribution in [-0.2, 0) is 0 Å². The number of fused-ring (bicyclic) bond motifs is 1.